The number of aliphatic hydroxyl groups excluding tert-OH is 1. The van der Waals surface area contributed by atoms with Crippen LogP contribution in [0, 0.1) is 0 Å². The summed E-state index contributed by atoms with van der Waals surface area (Å²) in [5.41, 5.74) is 1.15. The number of nitrogens with zero attached hydrogens (tertiary/aromatic N) is 4. The largest absolute Gasteiger partial charge is 0.393 e. The van der Waals surface area contributed by atoms with Gasteiger partial charge in [-0.05, 0) is 57.7 Å². The molecule has 0 saturated carbocycles. The van der Waals surface area contributed by atoms with Crippen molar-refractivity contribution in [3.05, 3.63) is 30.1 Å². The van der Waals surface area contributed by atoms with Crippen LogP contribution < -0.4 is 10.6 Å². The number of guanidine groups is 1. The van der Waals surface area contributed by atoms with Crippen LogP contribution in [0.5, 0.6) is 0 Å². The Bertz CT molecular complexity index is 601. The van der Waals surface area contributed by atoms with E-state index in [1.807, 2.05) is 12.3 Å². The molecule has 2 aliphatic heterocycles. The lowest BCUT2D eigenvalue weighted by molar-refractivity contribution is 0.0824. The van der Waals surface area contributed by atoms with Gasteiger partial charge in [-0.15, -0.1) is 24.0 Å². The second-order valence-corrected chi connectivity index (χ2v) is 8.20. The molecule has 2 fully saturated rings. The summed E-state index contributed by atoms with van der Waals surface area (Å²) < 4.78 is 0. The van der Waals surface area contributed by atoms with E-state index in [1.54, 1.807) is 0 Å². The fourth-order valence-electron chi connectivity index (χ4n) is 4.10. The summed E-state index contributed by atoms with van der Waals surface area (Å²) in [5, 5.41) is 16.6. The lowest BCUT2D eigenvalue weighted by atomic mass is 10.0. The van der Waals surface area contributed by atoms with E-state index < -0.39 is 0 Å². The van der Waals surface area contributed by atoms with Gasteiger partial charge in [-0.2, -0.15) is 0 Å². The first-order valence-corrected chi connectivity index (χ1v) is 11.3. The number of rotatable bonds is 8. The minimum Gasteiger partial charge on any atom is -0.393 e. The summed E-state index contributed by atoms with van der Waals surface area (Å²) in [5.74, 6) is 0.949. The van der Waals surface area contributed by atoms with Crippen LogP contribution in [0.25, 0.3) is 0 Å². The molecule has 3 N–H and O–H groups in total. The van der Waals surface area contributed by atoms with Crippen molar-refractivity contribution in [1.29, 1.82) is 0 Å². The number of aliphatic hydroxyl groups is 1. The van der Waals surface area contributed by atoms with Crippen LogP contribution in [0.2, 0.25) is 0 Å². The highest BCUT2D eigenvalue weighted by Crippen LogP contribution is 2.13. The maximum atomic E-state index is 9.61. The van der Waals surface area contributed by atoms with E-state index in [0.717, 1.165) is 96.1 Å². The third-order valence-corrected chi connectivity index (χ3v) is 5.84. The number of pyridine rings is 1. The molecule has 0 aromatic carbocycles. The van der Waals surface area contributed by atoms with Crippen molar-refractivity contribution in [2.75, 3.05) is 45.8 Å². The summed E-state index contributed by atoms with van der Waals surface area (Å²) in [6.07, 6.45) is 6.93. The Morgan fingerprint density at radius 3 is 2.53 bits per heavy atom. The van der Waals surface area contributed by atoms with E-state index in [0.29, 0.717) is 6.04 Å². The third kappa shape index (κ3) is 9.03. The standard InChI is InChI=1S/C22H38N6O.HI/c1-2-23-22(25-12-5-13-27-16-9-21(29)10-17-27)26-19-7-14-28(15-8-19)18-20-6-3-4-11-24-20;/h3-4,6,11,19,21,29H,2,5,7-10,12-18H2,1H3,(H2,23,25,26);1H. The van der Waals surface area contributed by atoms with Gasteiger partial charge in [0.2, 0.25) is 0 Å². The Hall–Kier alpha value is -0.970. The highest BCUT2D eigenvalue weighted by atomic mass is 127. The quantitative estimate of drug-likeness (QED) is 0.207. The molecule has 8 heteroatoms. The molecule has 2 aliphatic rings. The van der Waals surface area contributed by atoms with Crippen LogP contribution in [0.15, 0.2) is 29.4 Å². The molecule has 0 bridgehead atoms. The zero-order chi connectivity index (χ0) is 20.3. The molecule has 3 rings (SSSR count). The number of aliphatic imine (C=N–C) groups is 1. The molecule has 0 atom stereocenters. The second kappa shape index (κ2) is 14.2. The topological polar surface area (TPSA) is 76.0 Å². The van der Waals surface area contributed by atoms with Gasteiger partial charge in [0.25, 0.3) is 0 Å². The van der Waals surface area contributed by atoms with Crippen LogP contribution in [0.4, 0.5) is 0 Å². The normalized spacial score (nSPS) is 20.0. The molecular weight excluding hydrogens is 491 g/mol. The van der Waals surface area contributed by atoms with Gasteiger partial charge < -0.3 is 20.6 Å². The van der Waals surface area contributed by atoms with Crippen molar-refractivity contribution >= 4 is 29.9 Å². The Labute approximate surface area is 198 Å². The van der Waals surface area contributed by atoms with E-state index >= 15 is 0 Å². The minimum atomic E-state index is -0.0933. The maximum absolute atomic E-state index is 9.61. The molecule has 30 heavy (non-hydrogen) atoms. The number of aromatic nitrogens is 1. The molecule has 7 nitrogen and oxygen atoms in total. The van der Waals surface area contributed by atoms with Crippen molar-refractivity contribution in [3.63, 3.8) is 0 Å². The number of likely N-dealkylation sites (tertiary alicyclic amines) is 2. The first kappa shape index (κ1) is 25.3. The van der Waals surface area contributed by atoms with Gasteiger partial charge in [0.1, 0.15) is 0 Å². The van der Waals surface area contributed by atoms with E-state index in [9.17, 15) is 5.11 Å². The van der Waals surface area contributed by atoms with Gasteiger partial charge >= 0.3 is 0 Å². The predicted octanol–water partition coefficient (Wildman–Crippen LogP) is 2.07. The van der Waals surface area contributed by atoms with E-state index in [1.165, 1.54) is 0 Å². The summed E-state index contributed by atoms with van der Waals surface area (Å²) in [6, 6.07) is 6.62. The van der Waals surface area contributed by atoms with E-state index in [4.69, 9.17) is 4.99 Å². The van der Waals surface area contributed by atoms with Gasteiger partial charge in [0.15, 0.2) is 5.96 Å². The molecule has 3 heterocycles. The van der Waals surface area contributed by atoms with Gasteiger partial charge in [-0.3, -0.25) is 14.9 Å². The molecule has 0 spiro atoms. The summed E-state index contributed by atoms with van der Waals surface area (Å²) in [4.78, 5) is 14.2. The number of hydrogen-bond acceptors (Lipinski definition) is 5. The zero-order valence-corrected chi connectivity index (χ0v) is 20.6. The summed E-state index contributed by atoms with van der Waals surface area (Å²) in [6.45, 7) is 10.1. The number of hydrogen-bond donors (Lipinski definition) is 3. The molecule has 0 unspecified atom stereocenters. The Kier molecular flexibility index (Phi) is 11.9. The first-order chi connectivity index (χ1) is 14.2. The first-order valence-electron chi connectivity index (χ1n) is 11.3. The van der Waals surface area contributed by atoms with E-state index in [-0.39, 0.29) is 30.1 Å². The Balaban J connectivity index is 0.00000320. The highest BCUT2D eigenvalue weighted by Gasteiger charge is 2.20. The van der Waals surface area contributed by atoms with E-state index in [2.05, 4.69) is 44.5 Å². The predicted molar refractivity (Wildman–Crippen MR) is 133 cm³/mol. The Morgan fingerprint density at radius 1 is 1.13 bits per heavy atom. The summed E-state index contributed by atoms with van der Waals surface area (Å²) in [7, 11) is 0. The molecule has 2 saturated heterocycles. The molecular formula is C22H39IN6O. The van der Waals surface area contributed by atoms with Crippen LogP contribution >= 0.6 is 24.0 Å². The monoisotopic (exact) mass is 530 g/mol. The second-order valence-electron chi connectivity index (χ2n) is 8.20. The maximum Gasteiger partial charge on any atom is 0.191 e. The van der Waals surface area contributed by atoms with Gasteiger partial charge in [0.05, 0.1) is 11.8 Å². The Morgan fingerprint density at radius 2 is 1.87 bits per heavy atom. The SMILES string of the molecule is CCNC(=NCCCN1CCC(O)CC1)NC1CCN(Cc2ccccn2)CC1.I. The van der Waals surface area contributed by atoms with Crippen molar-refractivity contribution < 1.29 is 5.11 Å². The van der Waals surface area contributed by atoms with Crippen molar-refractivity contribution in [1.82, 2.24) is 25.4 Å². The molecule has 0 amide bonds. The third-order valence-electron chi connectivity index (χ3n) is 5.84. The summed E-state index contributed by atoms with van der Waals surface area (Å²) >= 11 is 0. The number of piperidine rings is 2. The average molecular weight is 530 g/mol. The fourth-order valence-corrected chi connectivity index (χ4v) is 4.10. The smallest absolute Gasteiger partial charge is 0.191 e. The minimum absolute atomic E-state index is 0. The number of nitrogens with one attached hydrogen (secondary N) is 2. The molecule has 1 aromatic heterocycles. The van der Waals surface area contributed by atoms with Crippen LogP contribution in [-0.4, -0.2) is 83.8 Å². The number of halogens is 1. The average Bonchev–Trinajstić information content (AvgIpc) is 2.75. The lowest BCUT2D eigenvalue weighted by Crippen LogP contribution is -2.48. The van der Waals surface area contributed by atoms with Crippen molar-refractivity contribution in [2.45, 2.75) is 57.7 Å². The van der Waals surface area contributed by atoms with Crippen LogP contribution in [-0.2, 0) is 6.54 Å². The van der Waals surface area contributed by atoms with Crippen molar-refractivity contribution in [3.8, 4) is 0 Å². The molecule has 170 valence electrons. The highest BCUT2D eigenvalue weighted by molar-refractivity contribution is 14.0. The van der Waals surface area contributed by atoms with Crippen LogP contribution in [0.1, 0.15) is 44.7 Å². The zero-order valence-electron chi connectivity index (χ0n) is 18.3. The van der Waals surface area contributed by atoms with Crippen molar-refractivity contribution in [2.24, 2.45) is 4.99 Å². The van der Waals surface area contributed by atoms with Gasteiger partial charge in [0, 0.05) is 58.1 Å². The van der Waals surface area contributed by atoms with Crippen LogP contribution in [0.3, 0.4) is 0 Å². The molecule has 0 aliphatic carbocycles. The molecule has 0 radical (unpaired) electrons. The fraction of sp³-hybridized carbons (Fsp3) is 0.727. The molecule has 1 aromatic rings. The lowest BCUT2D eigenvalue weighted by Gasteiger charge is -2.33. The van der Waals surface area contributed by atoms with Gasteiger partial charge in [-0.25, -0.2) is 0 Å². The van der Waals surface area contributed by atoms with Gasteiger partial charge in [-0.1, -0.05) is 6.07 Å².